The summed E-state index contributed by atoms with van der Waals surface area (Å²) >= 11 is 0. The van der Waals surface area contributed by atoms with E-state index in [9.17, 15) is 4.79 Å². The Bertz CT molecular complexity index is 394. The van der Waals surface area contributed by atoms with Gasteiger partial charge in [-0.25, -0.2) is 0 Å². The fraction of sp³-hybridized carbons (Fsp3) is 0.533. The van der Waals surface area contributed by atoms with Crippen molar-refractivity contribution < 1.29 is 14.6 Å². The number of rotatable bonds is 7. The van der Waals surface area contributed by atoms with Gasteiger partial charge in [0.05, 0.1) is 19.6 Å². The van der Waals surface area contributed by atoms with E-state index in [1.165, 1.54) is 5.56 Å². The van der Waals surface area contributed by atoms with Gasteiger partial charge in [0.15, 0.2) is 0 Å². The molecule has 104 valence electrons. The largest absolute Gasteiger partial charge is 0.481 e. The highest BCUT2D eigenvalue weighted by Crippen LogP contribution is 2.17. The zero-order valence-electron chi connectivity index (χ0n) is 11.1. The van der Waals surface area contributed by atoms with Crippen molar-refractivity contribution in [1.82, 2.24) is 4.90 Å². The Labute approximate surface area is 114 Å². The first-order chi connectivity index (χ1) is 9.24. The number of carboxylic acids is 1. The van der Waals surface area contributed by atoms with Gasteiger partial charge in [0.1, 0.15) is 0 Å². The molecule has 0 bridgehead atoms. The highest BCUT2D eigenvalue weighted by molar-refractivity contribution is 5.66. The number of likely N-dealkylation sites (tertiary alicyclic amines) is 1. The highest BCUT2D eigenvalue weighted by Gasteiger charge is 2.22. The van der Waals surface area contributed by atoms with Crippen molar-refractivity contribution >= 4 is 5.97 Å². The van der Waals surface area contributed by atoms with E-state index in [0.717, 1.165) is 26.1 Å². The quantitative estimate of drug-likeness (QED) is 0.817. The molecule has 1 atom stereocenters. The van der Waals surface area contributed by atoms with Crippen LogP contribution in [0.4, 0.5) is 0 Å². The van der Waals surface area contributed by atoms with Gasteiger partial charge in [-0.15, -0.1) is 0 Å². The van der Waals surface area contributed by atoms with Crippen molar-refractivity contribution in [1.29, 1.82) is 0 Å². The molecule has 1 N–H and O–H groups in total. The van der Waals surface area contributed by atoms with Crippen molar-refractivity contribution in [2.24, 2.45) is 5.92 Å². The topological polar surface area (TPSA) is 49.8 Å². The van der Waals surface area contributed by atoms with Crippen molar-refractivity contribution in [3.05, 3.63) is 35.9 Å². The van der Waals surface area contributed by atoms with Crippen molar-refractivity contribution in [2.75, 3.05) is 26.2 Å². The third kappa shape index (κ3) is 5.01. The Hall–Kier alpha value is -1.39. The van der Waals surface area contributed by atoms with E-state index in [1.54, 1.807) is 0 Å². The van der Waals surface area contributed by atoms with Gasteiger partial charge in [-0.3, -0.25) is 4.79 Å². The van der Waals surface area contributed by atoms with Crippen LogP contribution in [0.15, 0.2) is 30.3 Å². The van der Waals surface area contributed by atoms with E-state index < -0.39 is 5.97 Å². The summed E-state index contributed by atoms with van der Waals surface area (Å²) in [5.74, 6) is -0.179. The van der Waals surface area contributed by atoms with Gasteiger partial charge < -0.3 is 14.7 Å². The number of nitrogens with zero attached hydrogens (tertiary/aromatic N) is 1. The molecule has 4 heteroatoms. The number of benzene rings is 1. The number of aliphatic carboxylic acids is 1. The number of hydrogen-bond acceptors (Lipinski definition) is 3. The van der Waals surface area contributed by atoms with Crippen LogP contribution in [0.2, 0.25) is 0 Å². The third-order valence-electron chi connectivity index (χ3n) is 3.48. The zero-order valence-corrected chi connectivity index (χ0v) is 11.1. The normalized spacial score (nSPS) is 19.7. The van der Waals surface area contributed by atoms with Crippen LogP contribution in [-0.4, -0.2) is 42.2 Å². The average molecular weight is 263 g/mol. The van der Waals surface area contributed by atoms with Gasteiger partial charge in [0, 0.05) is 13.1 Å². The molecule has 19 heavy (non-hydrogen) atoms. The molecule has 0 aromatic heterocycles. The molecule has 1 aromatic rings. The molecular weight excluding hydrogens is 242 g/mol. The number of carboxylic acid groups (broad SMARTS) is 1. The second-order valence-electron chi connectivity index (χ2n) is 5.10. The van der Waals surface area contributed by atoms with E-state index in [2.05, 4.69) is 17.0 Å². The molecule has 0 spiro atoms. The van der Waals surface area contributed by atoms with E-state index in [-0.39, 0.29) is 6.42 Å². The van der Waals surface area contributed by atoms with Gasteiger partial charge in [-0.1, -0.05) is 30.3 Å². The predicted molar refractivity (Wildman–Crippen MR) is 72.9 cm³/mol. The van der Waals surface area contributed by atoms with Crippen LogP contribution in [0.5, 0.6) is 0 Å². The smallest absolute Gasteiger partial charge is 0.304 e. The molecule has 1 aliphatic heterocycles. The lowest BCUT2D eigenvalue weighted by Crippen LogP contribution is -2.24. The zero-order chi connectivity index (χ0) is 13.5. The van der Waals surface area contributed by atoms with Crippen molar-refractivity contribution in [3.63, 3.8) is 0 Å². The van der Waals surface area contributed by atoms with Crippen LogP contribution >= 0.6 is 0 Å². The minimum Gasteiger partial charge on any atom is -0.481 e. The van der Waals surface area contributed by atoms with Gasteiger partial charge in [-0.05, 0) is 24.4 Å². The summed E-state index contributed by atoms with van der Waals surface area (Å²) in [6, 6.07) is 10.2. The molecule has 2 rings (SSSR count). The maximum atomic E-state index is 10.5. The van der Waals surface area contributed by atoms with Crippen LogP contribution < -0.4 is 0 Å². The fourth-order valence-corrected chi connectivity index (χ4v) is 2.42. The maximum absolute atomic E-state index is 10.5. The maximum Gasteiger partial charge on any atom is 0.304 e. The summed E-state index contributed by atoms with van der Waals surface area (Å²) < 4.78 is 5.73. The molecule has 0 radical (unpaired) electrons. The Morgan fingerprint density at radius 1 is 1.37 bits per heavy atom. The fourth-order valence-electron chi connectivity index (χ4n) is 2.42. The summed E-state index contributed by atoms with van der Waals surface area (Å²) in [6.07, 6.45) is 1.34. The summed E-state index contributed by atoms with van der Waals surface area (Å²) in [7, 11) is 0. The van der Waals surface area contributed by atoms with Crippen LogP contribution in [-0.2, 0) is 16.1 Å². The Kier molecular flexibility index (Phi) is 5.36. The molecule has 0 saturated carbocycles. The van der Waals surface area contributed by atoms with Crippen LogP contribution in [0.3, 0.4) is 0 Å². The average Bonchev–Trinajstić information content (AvgIpc) is 2.86. The molecule has 1 heterocycles. The van der Waals surface area contributed by atoms with Gasteiger partial charge in [-0.2, -0.15) is 0 Å². The molecular formula is C15H21NO3. The van der Waals surface area contributed by atoms with E-state index in [0.29, 0.717) is 19.1 Å². The Morgan fingerprint density at radius 2 is 2.16 bits per heavy atom. The highest BCUT2D eigenvalue weighted by atomic mass is 16.5. The van der Waals surface area contributed by atoms with E-state index >= 15 is 0 Å². The first kappa shape index (κ1) is 14.0. The van der Waals surface area contributed by atoms with E-state index in [1.807, 2.05) is 18.2 Å². The second-order valence-corrected chi connectivity index (χ2v) is 5.10. The molecule has 0 aliphatic carbocycles. The van der Waals surface area contributed by atoms with Gasteiger partial charge >= 0.3 is 5.97 Å². The third-order valence-corrected chi connectivity index (χ3v) is 3.48. The lowest BCUT2D eigenvalue weighted by molar-refractivity contribution is -0.137. The molecule has 0 amide bonds. The number of hydrogen-bond donors (Lipinski definition) is 1. The molecule has 0 unspecified atom stereocenters. The first-order valence-corrected chi connectivity index (χ1v) is 6.80. The summed E-state index contributed by atoms with van der Waals surface area (Å²) in [5, 5.41) is 8.66. The van der Waals surface area contributed by atoms with Crippen molar-refractivity contribution in [2.45, 2.75) is 19.4 Å². The van der Waals surface area contributed by atoms with E-state index in [4.69, 9.17) is 9.84 Å². The molecule has 1 saturated heterocycles. The SMILES string of the molecule is O=C(O)CCN1CC[C@H](COCc2ccccc2)C1. The van der Waals surface area contributed by atoms with Crippen molar-refractivity contribution in [3.8, 4) is 0 Å². The van der Waals surface area contributed by atoms with Gasteiger partial charge in [0.25, 0.3) is 0 Å². The summed E-state index contributed by atoms with van der Waals surface area (Å²) in [5.41, 5.74) is 1.20. The first-order valence-electron chi connectivity index (χ1n) is 6.80. The Balaban J connectivity index is 1.61. The molecule has 1 aromatic carbocycles. The monoisotopic (exact) mass is 263 g/mol. The number of ether oxygens (including phenoxy) is 1. The lowest BCUT2D eigenvalue weighted by Gasteiger charge is -2.14. The lowest BCUT2D eigenvalue weighted by atomic mass is 10.1. The van der Waals surface area contributed by atoms with Crippen LogP contribution in [0, 0.1) is 5.92 Å². The predicted octanol–water partition coefficient (Wildman–Crippen LogP) is 2.00. The molecule has 4 nitrogen and oxygen atoms in total. The standard InChI is InChI=1S/C15H21NO3/c17-15(18)7-9-16-8-6-14(10-16)12-19-11-13-4-2-1-3-5-13/h1-5,14H,6-12H2,(H,17,18)/t14-/m0/s1. The van der Waals surface area contributed by atoms with Crippen LogP contribution in [0.1, 0.15) is 18.4 Å². The van der Waals surface area contributed by atoms with Gasteiger partial charge in [0.2, 0.25) is 0 Å². The minimum absolute atomic E-state index is 0.234. The second kappa shape index (κ2) is 7.26. The van der Waals surface area contributed by atoms with Crippen LogP contribution in [0.25, 0.3) is 0 Å². The summed E-state index contributed by atoms with van der Waals surface area (Å²) in [6.45, 7) is 4.03. The molecule has 1 fully saturated rings. The minimum atomic E-state index is -0.719. The number of carbonyl (C=O) groups is 1. The Morgan fingerprint density at radius 3 is 2.89 bits per heavy atom. The summed E-state index contributed by atoms with van der Waals surface area (Å²) in [4.78, 5) is 12.7. The molecule has 1 aliphatic rings.